The van der Waals surface area contributed by atoms with Crippen LogP contribution in [0.1, 0.15) is 32.1 Å². The van der Waals surface area contributed by atoms with E-state index < -0.39 is 25.1 Å². The lowest BCUT2D eigenvalue weighted by atomic mass is 9.77. The number of hydrogen-bond acceptors (Lipinski definition) is 5. The van der Waals surface area contributed by atoms with Gasteiger partial charge in [-0.15, -0.1) is 0 Å². The fourth-order valence-electron chi connectivity index (χ4n) is 2.19. The van der Waals surface area contributed by atoms with E-state index in [4.69, 9.17) is 20.9 Å². The maximum Gasteiger partial charge on any atom is 0.475 e. The number of rotatable bonds is 6. The van der Waals surface area contributed by atoms with Gasteiger partial charge in [-0.1, -0.05) is 0 Å². The first kappa shape index (κ1) is 14.9. The molecule has 0 saturated carbocycles. The maximum absolute atomic E-state index is 12.0. The van der Waals surface area contributed by atoms with Gasteiger partial charge in [0.05, 0.1) is 12.0 Å². The SMILES string of the molecule is NC(CCCC(=O)O)C(=O)N1CCCC1B(O)O. The van der Waals surface area contributed by atoms with Crippen LogP contribution < -0.4 is 5.73 Å². The van der Waals surface area contributed by atoms with E-state index in [1.807, 2.05) is 0 Å². The van der Waals surface area contributed by atoms with Crippen LogP contribution in [0.3, 0.4) is 0 Å². The predicted molar refractivity (Wildman–Crippen MR) is 64.4 cm³/mol. The molecule has 0 aromatic heterocycles. The van der Waals surface area contributed by atoms with E-state index >= 15 is 0 Å². The van der Waals surface area contributed by atoms with Crippen molar-refractivity contribution in [1.29, 1.82) is 0 Å². The summed E-state index contributed by atoms with van der Waals surface area (Å²) < 4.78 is 0. The van der Waals surface area contributed by atoms with Gasteiger partial charge in [0.2, 0.25) is 5.91 Å². The van der Waals surface area contributed by atoms with Gasteiger partial charge in [0.1, 0.15) is 0 Å². The Morgan fingerprint density at radius 3 is 2.67 bits per heavy atom. The zero-order valence-electron chi connectivity index (χ0n) is 10.2. The third-order valence-electron chi connectivity index (χ3n) is 3.15. The lowest BCUT2D eigenvalue weighted by Crippen LogP contribution is -2.51. The van der Waals surface area contributed by atoms with Crippen LogP contribution in [0.2, 0.25) is 0 Å². The number of hydrogen-bond donors (Lipinski definition) is 4. The fraction of sp³-hybridized carbons (Fsp3) is 0.800. The summed E-state index contributed by atoms with van der Waals surface area (Å²) in [5.41, 5.74) is 5.70. The van der Waals surface area contributed by atoms with E-state index in [1.54, 1.807) is 0 Å². The number of amides is 1. The number of carboxylic acids is 1. The molecule has 2 atom stereocenters. The third kappa shape index (κ3) is 3.97. The van der Waals surface area contributed by atoms with E-state index in [2.05, 4.69) is 0 Å². The minimum absolute atomic E-state index is 0.0208. The van der Waals surface area contributed by atoms with Crippen LogP contribution in [0.4, 0.5) is 0 Å². The van der Waals surface area contributed by atoms with Gasteiger partial charge in [-0.3, -0.25) is 9.59 Å². The standard InChI is InChI=1S/C10H19BN2O5/c12-7(3-1-5-9(14)15)10(16)13-6-2-4-8(13)11(17)18/h7-8,17-18H,1-6,12H2,(H,14,15). The minimum Gasteiger partial charge on any atom is -0.481 e. The molecule has 1 amide bonds. The summed E-state index contributed by atoms with van der Waals surface area (Å²) in [5, 5.41) is 26.8. The molecule has 1 rings (SSSR count). The number of aliphatic carboxylic acids is 1. The number of nitrogens with zero attached hydrogens (tertiary/aromatic N) is 1. The second kappa shape index (κ2) is 6.72. The number of carbonyl (C=O) groups excluding carboxylic acids is 1. The summed E-state index contributed by atoms with van der Waals surface area (Å²) in [6.07, 6.45) is 1.87. The van der Waals surface area contributed by atoms with Crippen LogP contribution >= 0.6 is 0 Å². The van der Waals surface area contributed by atoms with Crippen LogP contribution in [-0.2, 0) is 9.59 Å². The first-order valence-electron chi connectivity index (χ1n) is 6.07. The average Bonchev–Trinajstić information content (AvgIpc) is 2.76. The molecule has 5 N–H and O–H groups in total. The Hall–Kier alpha value is -1.12. The van der Waals surface area contributed by atoms with Crippen molar-refractivity contribution in [2.45, 2.75) is 44.1 Å². The molecule has 7 nitrogen and oxygen atoms in total. The van der Waals surface area contributed by atoms with Crippen LogP contribution in [0.25, 0.3) is 0 Å². The molecule has 0 aromatic rings. The monoisotopic (exact) mass is 258 g/mol. The molecule has 0 spiro atoms. The topological polar surface area (TPSA) is 124 Å². The Kier molecular flexibility index (Phi) is 5.58. The van der Waals surface area contributed by atoms with Crippen molar-refractivity contribution < 1.29 is 24.7 Å². The second-order valence-corrected chi connectivity index (χ2v) is 4.55. The highest BCUT2D eigenvalue weighted by atomic mass is 16.4. The van der Waals surface area contributed by atoms with Gasteiger partial charge in [-0.25, -0.2) is 0 Å². The molecule has 0 aliphatic carbocycles. The van der Waals surface area contributed by atoms with Crippen molar-refractivity contribution in [2.24, 2.45) is 5.73 Å². The molecule has 18 heavy (non-hydrogen) atoms. The Bertz CT molecular complexity index is 313. The van der Waals surface area contributed by atoms with Crippen LogP contribution in [0.5, 0.6) is 0 Å². The quantitative estimate of drug-likeness (QED) is 0.433. The van der Waals surface area contributed by atoms with Gasteiger partial charge in [0.15, 0.2) is 0 Å². The number of nitrogens with two attached hydrogens (primary N) is 1. The minimum atomic E-state index is -1.55. The number of carbonyl (C=O) groups is 2. The maximum atomic E-state index is 12.0. The van der Waals surface area contributed by atoms with Gasteiger partial charge in [0, 0.05) is 13.0 Å². The van der Waals surface area contributed by atoms with Gasteiger partial charge in [-0.2, -0.15) is 0 Å². The molecule has 0 bridgehead atoms. The van der Waals surface area contributed by atoms with Gasteiger partial charge >= 0.3 is 13.1 Å². The molecule has 102 valence electrons. The lowest BCUT2D eigenvalue weighted by molar-refractivity contribution is -0.138. The summed E-state index contributed by atoms with van der Waals surface area (Å²) >= 11 is 0. The van der Waals surface area contributed by atoms with E-state index in [9.17, 15) is 9.59 Å². The van der Waals surface area contributed by atoms with Crippen molar-refractivity contribution >= 4 is 19.0 Å². The molecule has 1 aliphatic heterocycles. The Balaban J connectivity index is 2.45. The van der Waals surface area contributed by atoms with E-state index in [0.717, 1.165) is 6.42 Å². The normalized spacial score (nSPS) is 20.8. The Morgan fingerprint density at radius 1 is 1.44 bits per heavy atom. The van der Waals surface area contributed by atoms with Crippen molar-refractivity contribution in [3.8, 4) is 0 Å². The van der Waals surface area contributed by atoms with Gasteiger partial charge in [-0.05, 0) is 25.7 Å². The second-order valence-electron chi connectivity index (χ2n) is 4.55. The Labute approximate surface area is 106 Å². The lowest BCUT2D eigenvalue weighted by Gasteiger charge is -2.26. The fourth-order valence-corrected chi connectivity index (χ4v) is 2.19. The van der Waals surface area contributed by atoms with Crippen LogP contribution in [0, 0.1) is 0 Å². The molecule has 0 radical (unpaired) electrons. The smallest absolute Gasteiger partial charge is 0.475 e. The molecule has 1 aliphatic rings. The summed E-state index contributed by atoms with van der Waals surface area (Å²) in [6, 6.07) is -0.774. The van der Waals surface area contributed by atoms with Crippen molar-refractivity contribution in [3.05, 3.63) is 0 Å². The summed E-state index contributed by atoms with van der Waals surface area (Å²) in [7, 11) is -1.55. The molecule has 0 aromatic carbocycles. The summed E-state index contributed by atoms with van der Waals surface area (Å²) in [4.78, 5) is 23.7. The van der Waals surface area contributed by atoms with E-state index in [-0.39, 0.29) is 18.7 Å². The first-order valence-corrected chi connectivity index (χ1v) is 6.07. The highest BCUT2D eigenvalue weighted by molar-refractivity contribution is 6.43. The molecule has 8 heteroatoms. The number of carboxylic acid groups (broad SMARTS) is 1. The molecule has 2 unspecified atom stereocenters. The van der Waals surface area contributed by atoms with Gasteiger partial charge in [0.25, 0.3) is 0 Å². The largest absolute Gasteiger partial charge is 0.481 e. The van der Waals surface area contributed by atoms with Crippen molar-refractivity contribution in [3.63, 3.8) is 0 Å². The summed E-state index contributed by atoms with van der Waals surface area (Å²) in [5.74, 6) is -1.85. The molecular formula is C10H19BN2O5. The first-order chi connectivity index (χ1) is 8.43. The van der Waals surface area contributed by atoms with E-state index in [0.29, 0.717) is 19.4 Å². The van der Waals surface area contributed by atoms with Gasteiger partial charge < -0.3 is 25.8 Å². The average molecular weight is 258 g/mol. The molecule has 1 fully saturated rings. The molecule has 1 saturated heterocycles. The summed E-state index contributed by atoms with van der Waals surface area (Å²) in [6.45, 7) is 0.466. The van der Waals surface area contributed by atoms with E-state index in [1.165, 1.54) is 4.90 Å². The highest BCUT2D eigenvalue weighted by Crippen LogP contribution is 2.19. The zero-order valence-corrected chi connectivity index (χ0v) is 10.2. The third-order valence-corrected chi connectivity index (χ3v) is 3.15. The van der Waals surface area contributed by atoms with Crippen molar-refractivity contribution in [2.75, 3.05) is 6.54 Å². The predicted octanol–water partition coefficient (Wildman–Crippen LogP) is -1.43. The van der Waals surface area contributed by atoms with Crippen LogP contribution in [-0.4, -0.2) is 57.6 Å². The number of likely N-dealkylation sites (tertiary alicyclic amines) is 1. The zero-order chi connectivity index (χ0) is 13.7. The van der Waals surface area contributed by atoms with Crippen LogP contribution in [0.15, 0.2) is 0 Å². The van der Waals surface area contributed by atoms with Crippen molar-refractivity contribution in [1.82, 2.24) is 4.90 Å². The molecular weight excluding hydrogens is 239 g/mol. The Morgan fingerprint density at radius 2 is 2.11 bits per heavy atom. The highest BCUT2D eigenvalue weighted by Gasteiger charge is 2.38. The molecule has 1 heterocycles.